The summed E-state index contributed by atoms with van der Waals surface area (Å²) in [5.74, 6) is -0.388. The first kappa shape index (κ1) is 13.5. The van der Waals surface area contributed by atoms with E-state index in [9.17, 15) is 9.59 Å². The van der Waals surface area contributed by atoms with Crippen LogP contribution in [0.15, 0.2) is 16.6 Å². The summed E-state index contributed by atoms with van der Waals surface area (Å²) in [5, 5.41) is 15.7. The zero-order valence-electron chi connectivity index (χ0n) is 10.2. The van der Waals surface area contributed by atoms with Crippen molar-refractivity contribution in [3.8, 4) is 0 Å². The Morgan fingerprint density at radius 3 is 2.74 bits per heavy atom. The molecule has 2 amide bonds. The molecule has 0 radical (unpaired) electrons. The summed E-state index contributed by atoms with van der Waals surface area (Å²) in [6, 6.07) is 3.45. The van der Waals surface area contributed by atoms with Crippen molar-refractivity contribution in [3.05, 3.63) is 22.2 Å². The van der Waals surface area contributed by atoms with Crippen LogP contribution in [0.1, 0.15) is 17.3 Å². The number of hydrogen-bond acceptors (Lipinski definition) is 4. The van der Waals surface area contributed by atoms with Gasteiger partial charge in [0.2, 0.25) is 5.91 Å². The Bertz CT molecular complexity index is 625. The zero-order chi connectivity index (χ0) is 13.8. The van der Waals surface area contributed by atoms with Gasteiger partial charge in [0.25, 0.3) is 5.91 Å². The summed E-state index contributed by atoms with van der Waals surface area (Å²) in [6.07, 6.45) is 0. The number of H-pyrrole nitrogens is 1. The molecule has 0 aliphatic carbocycles. The Morgan fingerprint density at radius 2 is 2.00 bits per heavy atom. The fourth-order valence-corrected chi connectivity index (χ4v) is 2.05. The van der Waals surface area contributed by atoms with Crippen molar-refractivity contribution >= 4 is 38.8 Å². The molecule has 1 heterocycles. The van der Waals surface area contributed by atoms with Gasteiger partial charge in [-0.25, -0.2) is 0 Å². The van der Waals surface area contributed by atoms with Crippen LogP contribution in [-0.2, 0) is 4.79 Å². The predicted molar refractivity (Wildman–Crippen MR) is 72.6 cm³/mol. The van der Waals surface area contributed by atoms with E-state index >= 15 is 0 Å². The number of nitrogens with one attached hydrogen (secondary N) is 3. The average Bonchev–Trinajstić information content (AvgIpc) is 2.80. The topological polar surface area (TPSA) is 99.8 Å². The third kappa shape index (κ3) is 3.28. The first-order valence-electron chi connectivity index (χ1n) is 5.60. The van der Waals surface area contributed by atoms with Crippen LogP contribution in [-0.4, -0.2) is 40.3 Å². The van der Waals surface area contributed by atoms with E-state index in [-0.39, 0.29) is 11.8 Å². The molecule has 0 saturated carbocycles. The van der Waals surface area contributed by atoms with E-state index in [4.69, 9.17) is 0 Å². The number of halogens is 1. The molecule has 2 aromatic rings. The van der Waals surface area contributed by atoms with Gasteiger partial charge in [0.1, 0.15) is 11.0 Å². The molecular formula is C11H12BrN5O2. The van der Waals surface area contributed by atoms with Gasteiger partial charge in [-0.2, -0.15) is 15.4 Å². The van der Waals surface area contributed by atoms with Crippen LogP contribution in [0.5, 0.6) is 0 Å². The van der Waals surface area contributed by atoms with Crippen molar-refractivity contribution in [2.24, 2.45) is 0 Å². The molecule has 19 heavy (non-hydrogen) atoms. The van der Waals surface area contributed by atoms with Gasteiger partial charge in [-0.1, -0.05) is 15.9 Å². The van der Waals surface area contributed by atoms with Gasteiger partial charge >= 0.3 is 0 Å². The van der Waals surface area contributed by atoms with Gasteiger partial charge in [-0.05, 0) is 12.1 Å². The second kappa shape index (κ2) is 5.79. The van der Waals surface area contributed by atoms with Crippen LogP contribution in [0.2, 0.25) is 0 Å². The SMILES string of the molecule is CC(=O)NCCNC(=O)c1cc(Br)cc2n[nH]nc12. The van der Waals surface area contributed by atoms with E-state index in [2.05, 4.69) is 42.0 Å². The van der Waals surface area contributed by atoms with Crippen molar-refractivity contribution in [1.29, 1.82) is 0 Å². The minimum absolute atomic E-state index is 0.129. The highest BCUT2D eigenvalue weighted by molar-refractivity contribution is 9.10. The van der Waals surface area contributed by atoms with E-state index in [0.717, 1.165) is 4.47 Å². The molecule has 7 nitrogen and oxygen atoms in total. The Morgan fingerprint density at radius 1 is 1.26 bits per heavy atom. The second-order valence-electron chi connectivity index (χ2n) is 3.88. The summed E-state index contributed by atoms with van der Waals surface area (Å²) >= 11 is 3.32. The number of aromatic amines is 1. The Kier molecular flexibility index (Phi) is 4.10. The Balaban J connectivity index is 2.08. The molecule has 0 bridgehead atoms. The quantitative estimate of drug-likeness (QED) is 0.716. The number of benzene rings is 1. The lowest BCUT2D eigenvalue weighted by Crippen LogP contribution is -2.33. The molecular weight excluding hydrogens is 314 g/mol. The molecule has 8 heteroatoms. The maximum absolute atomic E-state index is 12.0. The van der Waals surface area contributed by atoms with E-state index in [1.807, 2.05) is 0 Å². The molecule has 0 spiro atoms. The van der Waals surface area contributed by atoms with Crippen LogP contribution in [0, 0.1) is 0 Å². The predicted octanol–water partition coefficient (Wildman–Crippen LogP) is 0.586. The zero-order valence-corrected chi connectivity index (χ0v) is 11.7. The van der Waals surface area contributed by atoms with Gasteiger partial charge in [-0.15, -0.1) is 0 Å². The maximum atomic E-state index is 12.0. The van der Waals surface area contributed by atoms with Crippen LogP contribution < -0.4 is 10.6 Å². The number of rotatable bonds is 4. The first-order valence-corrected chi connectivity index (χ1v) is 6.40. The van der Waals surface area contributed by atoms with Crippen LogP contribution >= 0.6 is 15.9 Å². The van der Waals surface area contributed by atoms with Crippen LogP contribution in [0.25, 0.3) is 11.0 Å². The van der Waals surface area contributed by atoms with Gasteiger partial charge < -0.3 is 10.6 Å². The van der Waals surface area contributed by atoms with Gasteiger partial charge in [0.15, 0.2) is 0 Å². The third-order valence-electron chi connectivity index (χ3n) is 2.42. The van der Waals surface area contributed by atoms with Crippen molar-refractivity contribution < 1.29 is 9.59 Å². The molecule has 0 fully saturated rings. The molecule has 0 unspecified atom stereocenters. The van der Waals surface area contributed by atoms with Gasteiger partial charge in [0.05, 0.1) is 5.56 Å². The molecule has 3 N–H and O–H groups in total. The number of amides is 2. The monoisotopic (exact) mass is 325 g/mol. The molecule has 0 atom stereocenters. The summed E-state index contributed by atoms with van der Waals surface area (Å²) in [7, 11) is 0. The standard InChI is InChI=1S/C11H12BrN5O2/c1-6(18)13-2-3-14-11(19)8-4-7(12)5-9-10(8)16-17-15-9/h4-5H,2-3H2,1H3,(H,13,18)(H,14,19)(H,15,16,17). The summed E-state index contributed by atoms with van der Waals surface area (Å²) in [6.45, 7) is 2.16. The molecule has 1 aromatic carbocycles. The van der Waals surface area contributed by atoms with Crippen molar-refractivity contribution in [3.63, 3.8) is 0 Å². The average molecular weight is 326 g/mol. The fraction of sp³-hybridized carbons (Fsp3) is 0.273. The van der Waals surface area contributed by atoms with E-state index < -0.39 is 0 Å². The number of aromatic nitrogens is 3. The lowest BCUT2D eigenvalue weighted by molar-refractivity contribution is -0.118. The van der Waals surface area contributed by atoms with E-state index in [1.165, 1.54) is 6.92 Å². The summed E-state index contributed by atoms with van der Waals surface area (Å²) < 4.78 is 0.751. The van der Waals surface area contributed by atoms with Gasteiger partial charge in [0, 0.05) is 24.5 Å². The molecule has 1 aromatic heterocycles. The highest BCUT2D eigenvalue weighted by atomic mass is 79.9. The minimum atomic E-state index is -0.259. The highest BCUT2D eigenvalue weighted by Crippen LogP contribution is 2.20. The number of carbonyl (C=O) groups excluding carboxylic acids is 2. The van der Waals surface area contributed by atoms with E-state index in [1.54, 1.807) is 12.1 Å². The number of nitrogens with zero attached hydrogens (tertiary/aromatic N) is 2. The molecule has 100 valence electrons. The minimum Gasteiger partial charge on any atom is -0.355 e. The molecule has 2 rings (SSSR count). The Labute approximate surface area is 117 Å². The number of hydrogen-bond donors (Lipinski definition) is 3. The van der Waals surface area contributed by atoms with Gasteiger partial charge in [-0.3, -0.25) is 9.59 Å². The Hall–Kier alpha value is -1.96. The second-order valence-corrected chi connectivity index (χ2v) is 4.80. The molecule has 0 aliphatic heterocycles. The van der Waals surface area contributed by atoms with Crippen molar-refractivity contribution in [2.75, 3.05) is 13.1 Å². The summed E-state index contributed by atoms with van der Waals surface area (Å²) in [5.41, 5.74) is 1.56. The largest absolute Gasteiger partial charge is 0.355 e. The molecule has 0 saturated heterocycles. The van der Waals surface area contributed by atoms with Crippen molar-refractivity contribution in [2.45, 2.75) is 6.92 Å². The number of carbonyl (C=O) groups is 2. The van der Waals surface area contributed by atoms with Crippen molar-refractivity contribution in [1.82, 2.24) is 26.0 Å². The lowest BCUT2D eigenvalue weighted by atomic mass is 10.1. The van der Waals surface area contributed by atoms with E-state index in [0.29, 0.717) is 29.7 Å². The lowest BCUT2D eigenvalue weighted by Gasteiger charge is -2.06. The smallest absolute Gasteiger partial charge is 0.253 e. The number of fused-ring (bicyclic) bond motifs is 1. The third-order valence-corrected chi connectivity index (χ3v) is 2.87. The normalized spacial score (nSPS) is 10.4. The first-order chi connectivity index (χ1) is 9.08. The van der Waals surface area contributed by atoms with Crippen LogP contribution in [0.3, 0.4) is 0 Å². The fourth-order valence-electron chi connectivity index (χ4n) is 1.60. The highest BCUT2D eigenvalue weighted by Gasteiger charge is 2.13. The molecule has 0 aliphatic rings. The maximum Gasteiger partial charge on any atom is 0.253 e. The van der Waals surface area contributed by atoms with Crippen LogP contribution in [0.4, 0.5) is 0 Å². The summed E-state index contributed by atoms with van der Waals surface area (Å²) in [4.78, 5) is 22.7.